The predicted molar refractivity (Wildman–Crippen MR) is 61.8 cm³/mol. The third-order valence-corrected chi connectivity index (χ3v) is 2.98. The zero-order chi connectivity index (χ0) is 10.8. The first kappa shape index (κ1) is 10.2. The highest BCUT2D eigenvalue weighted by Crippen LogP contribution is 2.28. The van der Waals surface area contributed by atoms with Gasteiger partial charge in [0.05, 0.1) is 0 Å². The molecular formula is C14H16O. The van der Waals surface area contributed by atoms with Crippen molar-refractivity contribution in [2.45, 2.75) is 26.2 Å². The van der Waals surface area contributed by atoms with Gasteiger partial charge in [-0.05, 0) is 30.9 Å². The van der Waals surface area contributed by atoms with Crippen LogP contribution in [0.4, 0.5) is 0 Å². The normalized spacial score (nSPS) is 15.0. The lowest BCUT2D eigenvalue weighted by molar-refractivity contribution is -0.121. The average molecular weight is 200 g/mol. The van der Waals surface area contributed by atoms with Crippen molar-refractivity contribution < 1.29 is 4.79 Å². The summed E-state index contributed by atoms with van der Waals surface area (Å²) in [6, 6.07) is 8.35. The van der Waals surface area contributed by atoms with Gasteiger partial charge >= 0.3 is 0 Å². The number of Topliss-reactive ketones (excluding diaryl/α,β-unsaturated/α-hetero) is 1. The zero-order valence-electron chi connectivity index (χ0n) is 9.12. The molecule has 0 bridgehead atoms. The second-order valence-corrected chi connectivity index (χ2v) is 4.47. The molecule has 0 saturated heterocycles. The number of rotatable bonds is 3. The summed E-state index contributed by atoms with van der Waals surface area (Å²) in [6.07, 6.45) is 2.38. The first-order valence-corrected chi connectivity index (χ1v) is 5.40. The second kappa shape index (κ2) is 4.01. The Morgan fingerprint density at radius 3 is 2.33 bits per heavy atom. The minimum atomic E-state index is 0.194. The third-order valence-electron chi connectivity index (χ3n) is 2.98. The zero-order valence-corrected chi connectivity index (χ0v) is 9.12. The highest BCUT2D eigenvalue weighted by molar-refractivity contribution is 5.84. The summed E-state index contributed by atoms with van der Waals surface area (Å²) < 4.78 is 0. The summed E-state index contributed by atoms with van der Waals surface area (Å²) in [6.45, 7) is 5.71. The lowest BCUT2D eigenvalue weighted by atomic mass is 9.96. The molecule has 0 radical (unpaired) electrons. The first-order valence-electron chi connectivity index (χ1n) is 5.40. The Morgan fingerprint density at radius 2 is 1.87 bits per heavy atom. The van der Waals surface area contributed by atoms with Crippen LogP contribution in [0.1, 0.15) is 24.5 Å². The lowest BCUT2D eigenvalue weighted by Gasteiger charge is -2.06. The topological polar surface area (TPSA) is 17.1 Å². The van der Waals surface area contributed by atoms with Crippen LogP contribution in [-0.2, 0) is 17.6 Å². The van der Waals surface area contributed by atoms with E-state index < -0.39 is 0 Å². The average Bonchev–Trinajstić information content (AvgIpc) is 2.59. The molecule has 0 atom stereocenters. The van der Waals surface area contributed by atoms with Gasteiger partial charge in [0, 0.05) is 12.3 Å². The van der Waals surface area contributed by atoms with E-state index >= 15 is 0 Å². The Kier molecular flexibility index (Phi) is 2.72. The molecule has 0 spiro atoms. The van der Waals surface area contributed by atoms with E-state index in [0.29, 0.717) is 12.2 Å². The molecule has 1 aliphatic carbocycles. The molecule has 0 amide bonds. The molecule has 0 fully saturated rings. The van der Waals surface area contributed by atoms with Crippen molar-refractivity contribution in [3.8, 4) is 0 Å². The van der Waals surface area contributed by atoms with Gasteiger partial charge in [-0.25, -0.2) is 0 Å². The van der Waals surface area contributed by atoms with Crippen LogP contribution in [0.25, 0.3) is 0 Å². The minimum Gasteiger partial charge on any atom is -0.299 e. The Bertz CT molecular complexity index is 379. The number of fused-ring (bicyclic) bond motifs is 1. The van der Waals surface area contributed by atoms with E-state index in [2.05, 4.69) is 18.7 Å². The Morgan fingerprint density at radius 1 is 1.33 bits per heavy atom. The van der Waals surface area contributed by atoms with Gasteiger partial charge in [0.1, 0.15) is 5.78 Å². The number of hydrogen-bond acceptors (Lipinski definition) is 1. The second-order valence-electron chi connectivity index (χ2n) is 4.47. The Hall–Kier alpha value is -1.37. The van der Waals surface area contributed by atoms with E-state index in [1.54, 1.807) is 0 Å². The monoisotopic (exact) mass is 200 g/mol. The van der Waals surface area contributed by atoms with Gasteiger partial charge in [0.15, 0.2) is 0 Å². The van der Waals surface area contributed by atoms with Crippen LogP contribution in [0.15, 0.2) is 36.4 Å². The molecule has 0 aromatic heterocycles. The van der Waals surface area contributed by atoms with Gasteiger partial charge in [0.25, 0.3) is 0 Å². The van der Waals surface area contributed by atoms with E-state index in [0.717, 1.165) is 18.4 Å². The molecule has 0 aliphatic heterocycles. The molecule has 1 aliphatic rings. The summed E-state index contributed by atoms with van der Waals surface area (Å²) in [4.78, 5) is 11.9. The third kappa shape index (κ3) is 2.17. The maximum absolute atomic E-state index is 11.9. The Balaban J connectivity index is 2.07. The summed E-state index contributed by atoms with van der Waals surface area (Å²) >= 11 is 0. The van der Waals surface area contributed by atoms with Gasteiger partial charge in [-0.1, -0.05) is 36.4 Å². The van der Waals surface area contributed by atoms with Crippen LogP contribution < -0.4 is 0 Å². The van der Waals surface area contributed by atoms with Crippen LogP contribution >= 0.6 is 0 Å². The maximum Gasteiger partial charge on any atom is 0.140 e. The molecule has 15 heavy (non-hydrogen) atoms. The number of carbonyl (C=O) groups is 1. The summed E-state index contributed by atoms with van der Waals surface area (Å²) in [5.41, 5.74) is 3.66. The summed E-state index contributed by atoms with van der Waals surface area (Å²) in [5.74, 6) is 0.540. The number of hydrogen-bond donors (Lipinski definition) is 0. The molecule has 1 aromatic carbocycles. The van der Waals surface area contributed by atoms with Gasteiger partial charge in [-0.3, -0.25) is 4.79 Å². The highest BCUT2D eigenvalue weighted by Gasteiger charge is 2.26. The number of carbonyl (C=O) groups excluding carboxylic acids is 1. The van der Waals surface area contributed by atoms with Gasteiger partial charge in [-0.2, -0.15) is 0 Å². The van der Waals surface area contributed by atoms with Crippen molar-refractivity contribution in [2.75, 3.05) is 0 Å². The predicted octanol–water partition coefficient (Wildman–Crippen LogP) is 2.94. The number of ketones is 1. The maximum atomic E-state index is 11.9. The van der Waals surface area contributed by atoms with Crippen molar-refractivity contribution >= 4 is 5.78 Å². The fraction of sp³-hybridized carbons (Fsp3) is 0.357. The molecule has 0 unspecified atom stereocenters. The molecule has 1 heteroatoms. The van der Waals surface area contributed by atoms with E-state index in [9.17, 15) is 4.79 Å². The van der Waals surface area contributed by atoms with Crippen molar-refractivity contribution in [3.63, 3.8) is 0 Å². The molecule has 1 nitrogen and oxygen atoms in total. The molecule has 2 rings (SSSR count). The number of benzene rings is 1. The molecule has 0 N–H and O–H groups in total. The van der Waals surface area contributed by atoms with E-state index in [1.165, 1.54) is 11.1 Å². The SMILES string of the molecule is C=C(C)CC(=O)C1Cc2ccccc2C1. The fourth-order valence-electron chi connectivity index (χ4n) is 2.23. The summed E-state index contributed by atoms with van der Waals surface area (Å²) in [7, 11) is 0. The van der Waals surface area contributed by atoms with Crippen molar-refractivity contribution in [2.24, 2.45) is 5.92 Å². The summed E-state index contributed by atoms with van der Waals surface area (Å²) in [5, 5.41) is 0. The van der Waals surface area contributed by atoms with Gasteiger partial charge < -0.3 is 0 Å². The van der Waals surface area contributed by atoms with Crippen molar-refractivity contribution in [1.29, 1.82) is 0 Å². The smallest absolute Gasteiger partial charge is 0.140 e. The van der Waals surface area contributed by atoms with E-state index in [4.69, 9.17) is 0 Å². The number of allylic oxidation sites excluding steroid dienone is 1. The quantitative estimate of drug-likeness (QED) is 0.686. The lowest BCUT2D eigenvalue weighted by Crippen LogP contribution is -2.14. The molecule has 0 saturated carbocycles. The largest absolute Gasteiger partial charge is 0.299 e. The molecular weight excluding hydrogens is 184 g/mol. The van der Waals surface area contributed by atoms with Crippen LogP contribution in [0.3, 0.4) is 0 Å². The molecule has 78 valence electrons. The molecule has 1 aromatic rings. The van der Waals surface area contributed by atoms with E-state index in [-0.39, 0.29) is 5.92 Å². The molecule has 0 heterocycles. The Labute approximate surface area is 90.8 Å². The van der Waals surface area contributed by atoms with Crippen LogP contribution in [0.5, 0.6) is 0 Å². The first-order chi connectivity index (χ1) is 7.16. The van der Waals surface area contributed by atoms with Gasteiger partial charge in [0.2, 0.25) is 0 Å². The highest BCUT2D eigenvalue weighted by atomic mass is 16.1. The van der Waals surface area contributed by atoms with Crippen molar-refractivity contribution in [3.05, 3.63) is 47.5 Å². The van der Waals surface area contributed by atoms with Crippen LogP contribution in [-0.4, -0.2) is 5.78 Å². The van der Waals surface area contributed by atoms with Gasteiger partial charge in [-0.15, -0.1) is 0 Å². The van der Waals surface area contributed by atoms with Crippen molar-refractivity contribution in [1.82, 2.24) is 0 Å². The van der Waals surface area contributed by atoms with Crippen LogP contribution in [0, 0.1) is 5.92 Å². The van der Waals surface area contributed by atoms with E-state index in [1.807, 2.05) is 19.1 Å². The fourth-order valence-corrected chi connectivity index (χ4v) is 2.23. The standard InChI is InChI=1S/C14H16O/c1-10(2)7-14(15)13-8-11-5-3-4-6-12(11)9-13/h3-6,13H,1,7-9H2,2H3. The van der Waals surface area contributed by atoms with Crippen LogP contribution in [0.2, 0.25) is 0 Å². The minimum absolute atomic E-state index is 0.194.